The molecule has 0 saturated heterocycles. The summed E-state index contributed by atoms with van der Waals surface area (Å²) >= 11 is 6.17. The van der Waals surface area contributed by atoms with Gasteiger partial charge in [0.1, 0.15) is 5.75 Å². The van der Waals surface area contributed by atoms with E-state index in [1.807, 2.05) is 13.8 Å². The van der Waals surface area contributed by atoms with E-state index in [-0.39, 0.29) is 25.0 Å². The molecular formula is C17H26ClN3O3. The van der Waals surface area contributed by atoms with E-state index in [1.54, 1.807) is 32.3 Å². The van der Waals surface area contributed by atoms with Gasteiger partial charge in [0.25, 0.3) is 5.91 Å². The molecule has 6 nitrogen and oxygen atoms in total. The number of carbonyl (C=O) groups is 2. The third-order valence-electron chi connectivity index (χ3n) is 4.27. The number of rotatable bonds is 8. The van der Waals surface area contributed by atoms with Gasteiger partial charge < -0.3 is 20.7 Å². The van der Waals surface area contributed by atoms with Crippen molar-refractivity contribution in [1.29, 1.82) is 0 Å². The minimum absolute atomic E-state index is 0.0968. The summed E-state index contributed by atoms with van der Waals surface area (Å²) < 4.78 is 5.39. The molecule has 7 heteroatoms. The van der Waals surface area contributed by atoms with Gasteiger partial charge in [0.05, 0.1) is 10.4 Å². The molecule has 1 rings (SSSR count). The average molecular weight is 356 g/mol. The fourth-order valence-electron chi connectivity index (χ4n) is 2.18. The lowest BCUT2D eigenvalue weighted by molar-refractivity contribution is -0.130. The molecule has 0 bridgehead atoms. The summed E-state index contributed by atoms with van der Waals surface area (Å²) in [7, 11) is 3.30. The number of likely N-dealkylation sites (N-methyl/N-ethyl adjacent to an activating group) is 1. The van der Waals surface area contributed by atoms with Gasteiger partial charge in [-0.15, -0.1) is 0 Å². The van der Waals surface area contributed by atoms with Gasteiger partial charge in [-0.05, 0) is 31.0 Å². The second-order valence-corrected chi connectivity index (χ2v) is 6.27. The van der Waals surface area contributed by atoms with E-state index in [0.717, 1.165) is 0 Å². The minimum Gasteiger partial charge on any atom is -0.482 e. The van der Waals surface area contributed by atoms with E-state index < -0.39 is 5.41 Å². The Labute approximate surface area is 148 Å². The molecule has 0 heterocycles. The van der Waals surface area contributed by atoms with Crippen molar-refractivity contribution in [3.8, 4) is 5.75 Å². The first kappa shape index (κ1) is 20.3. The van der Waals surface area contributed by atoms with Crippen molar-refractivity contribution < 1.29 is 14.3 Å². The summed E-state index contributed by atoms with van der Waals surface area (Å²) in [5, 5.41) is 3.18. The monoisotopic (exact) mass is 355 g/mol. The van der Waals surface area contributed by atoms with Crippen molar-refractivity contribution in [2.45, 2.75) is 26.7 Å². The fourth-order valence-corrected chi connectivity index (χ4v) is 2.42. The van der Waals surface area contributed by atoms with Gasteiger partial charge in [0.15, 0.2) is 6.61 Å². The van der Waals surface area contributed by atoms with E-state index in [2.05, 4.69) is 5.32 Å². The van der Waals surface area contributed by atoms with Gasteiger partial charge in [0.2, 0.25) is 5.91 Å². The van der Waals surface area contributed by atoms with Crippen molar-refractivity contribution in [3.63, 3.8) is 0 Å². The van der Waals surface area contributed by atoms with Crippen LogP contribution in [0.1, 0.15) is 26.7 Å². The standard InChI is InChI=1S/C17H26ClN3O3/c1-5-17(6-2,11-19)16(23)20-12-7-8-14(13(18)9-12)24-10-15(22)21(3)4/h7-9H,5-6,10-11,19H2,1-4H3,(H,20,23). The van der Waals surface area contributed by atoms with E-state index in [9.17, 15) is 9.59 Å². The van der Waals surface area contributed by atoms with Crippen LogP contribution in [0, 0.1) is 5.41 Å². The minimum atomic E-state index is -0.584. The Morgan fingerprint density at radius 1 is 1.29 bits per heavy atom. The number of hydrogen-bond acceptors (Lipinski definition) is 4. The van der Waals surface area contributed by atoms with Crippen LogP contribution in [0.3, 0.4) is 0 Å². The number of carbonyl (C=O) groups excluding carboxylic acids is 2. The molecule has 0 atom stereocenters. The smallest absolute Gasteiger partial charge is 0.259 e. The maximum atomic E-state index is 12.5. The lowest BCUT2D eigenvalue weighted by atomic mass is 9.81. The first-order valence-electron chi connectivity index (χ1n) is 7.93. The van der Waals surface area contributed by atoms with Crippen molar-refractivity contribution >= 4 is 29.1 Å². The van der Waals surface area contributed by atoms with Gasteiger partial charge >= 0.3 is 0 Å². The first-order valence-corrected chi connectivity index (χ1v) is 8.31. The molecular weight excluding hydrogens is 330 g/mol. The largest absolute Gasteiger partial charge is 0.482 e. The Bertz CT molecular complexity index is 578. The van der Waals surface area contributed by atoms with Crippen LogP contribution in [0.4, 0.5) is 5.69 Å². The number of halogens is 1. The zero-order chi connectivity index (χ0) is 18.3. The highest BCUT2D eigenvalue weighted by molar-refractivity contribution is 6.32. The molecule has 1 aromatic carbocycles. The normalized spacial score (nSPS) is 11.1. The summed E-state index contributed by atoms with van der Waals surface area (Å²) in [6.45, 7) is 4.08. The molecule has 0 aliphatic carbocycles. The molecule has 0 spiro atoms. The van der Waals surface area contributed by atoms with Crippen LogP contribution in [0.25, 0.3) is 0 Å². The highest BCUT2D eigenvalue weighted by atomic mass is 35.5. The molecule has 1 aromatic rings. The van der Waals surface area contributed by atoms with E-state index >= 15 is 0 Å². The Morgan fingerprint density at radius 3 is 2.38 bits per heavy atom. The van der Waals surface area contributed by atoms with E-state index in [4.69, 9.17) is 22.1 Å². The molecule has 0 unspecified atom stereocenters. The summed E-state index contributed by atoms with van der Waals surface area (Å²) in [6, 6.07) is 4.91. The number of nitrogens with zero attached hydrogens (tertiary/aromatic N) is 1. The van der Waals surface area contributed by atoms with Crippen LogP contribution >= 0.6 is 11.6 Å². The summed E-state index contributed by atoms with van der Waals surface area (Å²) in [5.74, 6) is 0.102. The van der Waals surface area contributed by atoms with Crippen molar-refractivity contribution in [3.05, 3.63) is 23.2 Å². The van der Waals surface area contributed by atoms with Gasteiger partial charge in [-0.2, -0.15) is 0 Å². The molecule has 134 valence electrons. The number of nitrogens with two attached hydrogens (primary N) is 1. The zero-order valence-electron chi connectivity index (χ0n) is 14.7. The molecule has 0 aliphatic rings. The lowest BCUT2D eigenvalue weighted by Gasteiger charge is -2.28. The molecule has 3 N–H and O–H groups in total. The first-order chi connectivity index (χ1) is 11.3. The quantitative estimate of drug-likeness (QED) is 0.750. The van der Waals surface area contributed by atoms with Crippen LogP contribution in [-0.4, -0.2) is 44.0 Å². The predicted molar refractivity (Wildman–Crippen MR) is 96.3 cm³/mol. The molecule has 2 amide bonds. The number of ether oxygens (including phenoxy) is 1. The number of benzene rings is 1. The summed E-state index contributed by atoms with van der Waals surface area (Å²) in [5.41, 5.74) is 5.77. The third kappa shape index (κ3) is 4.85. The lowest BCUT2D eigenvalue weighted by Crippen LogP contribution is -2.41. The number of hydrogen-bond donors (Lipinski definition) is 2. The Hall–Kier alpha value is -1.79. The second kappa shape index (κ2) is 8.89. The van der Waals surface area contributed by atoms with Crippen molar-refractivity contribution in [2.24, 2.45) is 11.1 Å². The SMILES string of the molecule is CCC(CC)(CN)C(=O)Nc1ccc(OCC(=O)N(C)C)c(Cl)c1. The van der Waals surface area contributed by atoms with Crippen LogP contribution in [0.5, 0.6) is 5.75 Å². The van der Waals surface area contributed by atoms with Gasteiger partial charge in [-0.25, -0.2) is 0 Å². The molecule has 0 aliphatic heterocycles. The summed E-state index contributed by atoms with van der Waals surface area (Å²) in [6.07, 6.45) is 1.32. The third-order valence-corrected chi connectivity index (χ3v) is 4.56. The highest BCUT2D eigenvalue weighted by Crippen LogP contribution is 2.30. The maximum absolute atomic E-state index is 12.5. The molecule has 0 radical (unpaired) electrons. The van der Waals surface area contributed by atoms with Crippen molar-refractivity contribution in [2.75, 3.05) is 32.6 Å². The summed E-state index contributed by atoms with van der Waals surface area (Å²) in [4.78, 5) is 25.5. The van der Waals surface area contributed by atoms with Crippen LogP contribution in [0.15, 0.2) is 18.2 Å². The van der Waals surface area contributed by atoms with Crippen molar-refractivity contribution in [1.82, 2.24) is 4.90 Å². The van der Waals surface area contributed by atoms with Crippen LogP contribution in [-0.2, 0) is 9.59 Å². The fraction of sp³-hybridized carbons (Fsp3) is 0.529. The second-order valence-electron chi connectivity index (χ2n) is 5.87. The number of anilines is 1. The topological polar surface area (TPSA) is 84.7 Å². The van der Waals surface area contributed by atoms with Gasteiger partial charge in [-0.1, -0.05) is 25.4 Å². The van der Waals surface area contributed by atoms with Gasteiger partial charge in [-0.3, -0.25) is 9.59 Å². The highest BCUT2D eigenvalue weighted by Gasteiger charge is 2.33. The zero-order valence-corrected chi connectivity index (χ0v) is 15.4. The molecule has 0 aromatic heterocycles. The van der Waals surface area contributed by atoms with E-state index in [1.165, 1.54) is 4.90 Å². The Morgan fingerprint density at radius 2 is 1.92 bits per heavy atom. The Kier molecular flexibility index (Phi) is 7.51. The van der Waals surface area contributed by atoms with E-state index in [0.29, 0.717) is 29.3 Å². The molecule has 0 fully saturated rings. The van der Waals surface area contributed by atoms with Crippen LogP contribution < -0.4 is 15.8 Å². The average Bonchev–Trinajstić information content (AvgIpc) is 2.55. The van der Waals surface area contributed by atoms with Crippen LogP contribution in [0.2, 0.25) is 5.02 Å². The van der Waals surface area contributed by atoms with Gasteiger partial charge in [0, 0.05) is 26.3 Å². The maximum Gasteiger partial charge on any atom is 0.259 e. The molecule has 0 saturated carbocycles. The predicted octanol–water partition coefficient (Wildman–Crippen LogP) is 2.51. The number of nitrogens with one attached hydrogen (secondary N) is 1. The molecule has 24 heavy (non-hydrogen) atoms. The number of amides is 2. The Balaban J connectivity index is 2.81.